The molecule has 1 amide bonds. The minimum absolute atomic E-state index is 0. The summed E-state index contributed by atoms with van der Waals surface area (Å²) < 4.78 is 18.7. The van der Waals surface area contributed by atoms with Crippen LogP contribution in [0.5, 0.6) is 5.75 Å². The number of hydrogen-bond acceptors (Lipinski definition) is 3. The van der Waals surface area contributed by atoms with E-state index in [1.54, 1.807) is 12.1 Å². The Kier molecular flexibility index (Phi) is 9.57. The van der Waals surface area contributed by atoms with Gasteiger partial charge in [-0.25, -0.2) is 9.38 Å². The largest absolute Gasteiger partial charge is 0.484 e. The van der Waals surface area contributed by atoms with E-state index in [2.05, 4.69) is 20.6 Å². The van der Waals surface area contributed by atoms with Crippen LogP contribution in [0.3, 0.4) is 0 Å². The number of guanidine groups is 1. The van der Waals surface area contributed by atoms with E-state index in [1.807, 2.05) is 31.3 Å². The van der Waals surface area contributed by atoms with Crippen LogP contribution in [0, 0.1) is 5.82 Å². The molecule has 3 rings (SSSR count). The van der Waals surface area contributed by atoms with Crippen LogP contribution >= 0.6 is 24.0 Å². The summed E-state index contributed by atoms with van der Waals surface area (Å²) in [5.74, 6) is 0.513. The molecule has 2 aromatic carbocycles. The van der Waals surface area contributed by atoms with Gasteiger partial charge in [0.15, 0.2) is 12.6 Å². The van der Waals surface area contributed by atoms with Gasteiger partial charge in [0.05, 0.1) is 6.54 Å². The third-order valence-corrected chi connectivity index (χ3v) is 4.46. The zero-order chi connectivity index (χ0) is 21.3. The molecule has 3 aromatic rings. The third kappa shape index (κ3) is 7.42. The number of benzene rings is 2. The summed E-state index contributed by atoms with van der Waals surface area (Å²) >= 11 is 0. The molecule has 1 heterocycles. The number of fused-ring (bicyclic) bond motifs is 1. The maximum absolute atomic E-state index is 13.3. The van der Waals surface area contributed by atoms with E-state index in [-0.39, 0.29) is 36.4 Å². The quantitative estimate of drug-likeness (QED) is 0.191. The lowest BCUT2D eigenvalue weighted by molar-refractivity contribution is -0.119. The highest BCUT2D eigenvalue weighted by atomic mass is 127. The lowest BCUT2D eigenvalue weighted by Gasteiger charge is -2.11. The second-order valence-electron chi connectivity index (χ2n) is 6.78. The molecular weight excluding hydrogens is 512 g/mol. The molecule has 31 heavy (non-hydrogen) atoms. The van der Waals surface area contributed by atoms with Gasteiger partial charge in [-0.05, 0) is 54.8 Å². The number of aliphatic imine (C=N–C) groups is 1. The molecule has 0 spiro atoms. The molecule has 0 unspecified atom stereocenters. The standard InChI is InChI=1S/C22H26FN5O2.HI/c1-2-25-22(28-12-15-4-3-5-18(10-15)30-14-21(24)29)26-9-8-16-13-27-20-11-17(23)6-7-19(16)20;/h3-7,10-11,13,27H,2,8-9,12,14H2,1H3,(H2,24,29)(H2,25,26,28);1H. The number of halogens is 2. The second kappa shape index (κ2) is 12.1. The van der Waals surface area contributed by atoms with Crippen LogP contribution in [0.2, 0.25) is 0 Å². The Hall–Kier alpha value is -2.82. The molecule has 9 heteroatoms. The van der Waals surface area contributed by atoms with Gasteiger partial charge in [0.2, 0.25) is 0 Å². The highest BCUT2D eigenvalue weighted by Gasteiger charge is 2.06. The first-order valence-electron chi connectivity index (χ1n) is 9.83. The van der Waals surface area contributed by atoms with Crippen LogP contribution in [0.25, 0.3) is 10.9 Å². The van der Waals surface area contributed by atoms with Crippen LogP contribution < -0.4 is 21.1 Å². The number of nitrogens with two attached hydrogens (primary N) is 1. The minimum atomic E-state index is -0.516. The van der Waals surface area contributed by atoms with E-state index in [9.17, 15) is 9.18 Å². The van der Waals surface area contributed by atoms with Gasteiger partial charge >= 0.3 is 0 Å². The van der Waals surface area contributed by atoms with Crippen LogP contribution in [0.1, 0.15) is 18.1 Å². The van der Waals surface area contributed by atoms with Crippen molar-refractivity contribution in [2.75, 3.05) is 19.7 Å². The first kappa shape index (κ1) is 24.4. The molecule has 0 aliphatic rings. The molecule has 166 valence electrons. The number of hydrogen-bond donors (Lipinski definition) is 4. The van der Waals surface area contributed by atoms with Crippen molar-refractivity contribution < 1.29 is 13.9 Å². The molecule has 0 aliphatic carbocycles. The molecule has 0 saturated carbocycles. The number of nitrogens with one attached hydrogen (secondary N) is 3. The van der Waals surface area contributed by atoms with Crippen molar-refractivity contribution in [2.45, 2.75) is 19.9 Å². The summed E-state index contributed by atoms with van der Waals surface area (Å²) in [5.41, 5.74) is 7.97. The Bertz CT molecular complexity index is 1040. The summed E-state index contributed by atoms with van der Waals surface area (Å²) in [6.07, 6.45) is 2.68. The average molecular weight is 539 g/mol. The molecule has 1 aromatic heterocycles. The Morgan fingerprint density at radius 3 is 2.84 bits per heavy atom. The summed E-state index contributed by atoms with van der Waals surface area (Å²) in [5, 5.41) is 7.56. The van der Waals surface area contributed by atoms with Gasteiger partial charge < -0.3 is 26.1 Å². The normalized spacial score (nSPS) is 11.1. The van der Waals surface area contributed by atoms with Crippen molar-refractivity contribution in [3.8, 4) is 5.75 Å². The molecule has 0 bridgehead atoms. The molecule has 0 fully saturated rings. The number of carbonyl (C=O) groups is 1. The smallest absolute Gasteiger partial charge is 0.255 e. The van der Waals surface area contributed by atoms with Crippen molar-refractivity contribution in [1.82, 2.24) is 15.6 Å². The van der Waals surface area contributed by atoms with E-state index >= 15 is 0 Å². The summed E-state index contributed by atoms with van der Waals surface area (Å²) in [4.78, 5) is 18.6. The highest BCUT2D eigenvalue weighted by molar-refractivity contribution is 14.0. The fourth-order valence-electron chi connectivity index (χ4n) is 3.08. The number of aromatic amines is 1. The van der Waals surface area contributed by atoms with E-state index in [1.165, 1.54) is 12.1 Å². The highest BCUT2D eigenvalue weighted by Crippen LogP contribution is 2.19. The maximum atomic E-state index is 13.3. The van der Waals surface area contributed by atoms with Gasteiger partial charge in [0, 0.05) is 30.2 Å². The van der Waals surface area contributed by atoms with Crippen molar-refractivity contribution in [3.05, 3.63) is 65.6 Å². The number of amides is 1. The van der Waals surface area contributed by atoms with Crippen molar-refractivity contribution >= 4 is 46.7 Å². The predicted molar refractivity (Wildman–Crippen MR) is 131 cm³/mol. The Labute approximate surface area is 197 Å². The van der Waals surface area contributed by atoms with Crippen LogP contribution in [0.15, 0.2) is 53.7 Å². The molecular formula is C22H27FIN5O2. The zero-order valence-electron chi connectivity index (χ0n) is 17.3. The van der Waals surface area contributed by atoms with Crippen LogP contribution in [0.4, 0.5) is 4.39 Å². The van der Waals surface area contributed by atoms with Gasteiger partial charge in [-0.15, -0.1) is 24.0 Å². The lowest BCUT2D eigenvalue weighted by Crippen LogP contribution is -2.38. The lowest BCUT2D eigenvalue weighted by atomic mass is 10.1. The first-order valence-corrected chi connectivity index (χ1v) is 9.83. The molecule has 0 radical (unpaired) electrons. The number of nitrogens with zero attached hydrogens (tertiary/aromatic N) is 1. The number of carbonyl (C=O) groups excluding carboxylic acids is 1. The summed E-state index contributed by atoms with van der Waals surface area (Å²) in [7, 11) is 0. The van der Waals surface area contributed by atoms with E-state index < -0.39 is 5.91 Å². The predicted octanol–water partition coefficient (Wildman–Crippen LogP) is 3.09. The number of aromatic nitrogens is 1. The average Bonchev–Trinajstić information content (AvgIpc) is 3.12. The number of ether oxygens (including phenoxy) is 1. The van der Waals surface area contributed by atoms with Gasteiger partial charge in [0.25, 0.3) is 5.91 Å². The molecule has 0 saturated heterocycles. The summed E-state index contributed by atoms with van der Waals surface area (Å²) in [6.45, 7) is 3.72. The molecule has 0 atom stereocenters. The van der Waals surface area contributed by atoms with E-state index in [0.717, 1.165) is 35.0 Å². The maximum Gasteiger partial charge on any atom is 0.255 e. The Morgan fingerprint density at radius 1 is 1.23 bits per heavy atom. The Morgan fingerprint density at radius 2 is 2.06 bits per heavy atom. The number of H-pyrrole nitrogens is 1. The van der Waals surface area contributed by atoms with Gasteiger partial charge in [0.1, 0.15) is 11.6 Å². The zero-order valence-corrected chi connectivity index (χ0v) is 19.6. The molecule has 0 aliphatic heterocycles. The number of primary amides is 1. The monoisotopic (exact) mass is 539 g/mol. The van der Waals surface area contributed by atoms with Crippen molar-refractivity contribution in [3.63, 3.8) is 0 Å². The Balaban J connectivity index is 0.00000341. The third-order valence-electron chi connectivity index (χ3n) is 4.46. The molecule has 7 nitrogen and oxygen atoms in total. The van der Waals surface area contributed by atoms with Crippen molar-refractivity contribution in [2.24, 2.45) is 10.7 Å². The van der Waals surface area contributed by atoms with E-state index in [4.69, 9.17) is 10.5 Å². The fourth-order valence-corrected chi connectivity index (χ4v) is 3.08. The van der Waals surface area contributed by atoms with Crippen molar-refractivity contribution in [1.29, 1.82) is 0 Å². The van der Waals surface area contributed by atoms with Crippen LogP contribution in [-0.2, 0) is 17.8 Å². The van der Waals surface area contributed by atoms with Crippen LogP contribution in [-0.4, -0.2) is 36.5 Å². The molecule has 5 N–H and O–H groups in total. The van der Waals surface area contributed by atoms with E-state index in [0.29, 0.717) is 24.8 Å². The van der Waals surface area contributed by atoms with Gasteiger partial charge in [-0.1, -0.05) is 12.1 Å². The second-order valence-corrected chi connectivity index (χ2v) is 6.78. The first-order chi connectivity index (χ1) is 14.5. The topological polar surface area (TPSA) is 105 Å². The number of rotatable bonds is 9. The SMILES string of the molecule is CCNC(=NCc1cccc(OCC(N)=O)c1)NCCc1c[nH]c2cc(F)ccc12.I. The minimum Gasteiger partial charge on any atom is -0.484 e. The van der Waals surface area contributed by atoms with Gasteiger partial charge in [-0.3, -0.25) is 4.79 Å². The fraction of sp³-hybridized carbons (Fsp3) is 0.273. The van der Waals surface area contributed by atoms with Gasteiger partial charge in [-0.2, -0.15) is 0 Å². The summed E-state index contributed by atoms with van der Waals surface area (Å²) in [6, 6.07) is 12.2.